The number of hydrogen-bond acceptors (Lipinski definition) is 2. The van der Waals surface area contributed by atoms with Gasteiger partial charge in [-0.2, -0.15) is 0 Å². The van der Waals surface area contributed by atoms with Crippen LogP contribution >= 0.6 is 0 Å². The monoisotopic (exact) mass is 256 g/mol. The van der Waals surface area contributed by atoms with Crippen LogP contribution in [0.25, 0.3) is 0 Å². The Morgan fingerprint density at radius 2 is 2.26 bits per heavy atom. The highest BCUT2D eigenvalue weighted by atomic mass is 19.1. The van der Waals surface area contributed by atoms with Gasteiger partial charge in [-0.15, -0.1) is 0 Å². The fourth-order valence-electron chi connectivity index (χ4n) is 2.73. The van der Waals surface area contributed by atoms with Gasteiger partial charge in [-0.1, -0.05) is 12.1 Å². The molecule has 0 aliphatic heterocycles. The van der Waals surface area contributed by atoms with Crippen molar-refractivity contribution in [2.24, 2.45) is 0 Å². The van der Waals surface area contributed by atoms with Crippen LogP contribution in [-0.2, 0) is 12.8 Å². The van der Waals surface area contributed by atoms with Crippen LogP contribution in [0.4, 0.5) is 4.39 Å². The maximum Gasteiger partial charge on any atom is 0.123 e. The van der Waals surface area contributed by atoms with Crippen LogP contribution in [0.5, 0.6) is 0 Å². The third-order valence-corrected chi connectivity index (χ3v) is 3.71. The second kappa shape index (κ2) is 5.49. The van der Waals surface area contributed by atoms with Crippen molar-refractivity contribution < 1.29 is 4.39 Å². The molecule has 0 bridgehead atoms. The average Bonchev–Trinajstić information content (AvgIpc) is 2.82. The lowest BCUT2D eigenvalue weighted by molar-refractivity contribution is 0.533. The number of hydrogen-bond donors (Lipinski definition) is 1. The van der Waals surface area contributed by atoms with E-state index >= 15 is 0 Å². The maximum atomic E-state index is 13.1. The molecule has 1 aromatic carbocycles. The highest BCUT2D eigenvalue weighted by molar-refractivity contribution is 5.34. The molecule has 98 valence electrons. The number of nitrogens with one attached hydrogen (secondary N) is 1. The van der Waals surface area contributed by atoms with Crippen LogP contribution in [-0.4, -0.2) is 11.5 Å². The molecule has 2 aromatic rings. The summed E-state index contributed by atoms with van der Waals surface area (Å²) in [7, 11) is 0. The molecule has 0 amide bonds. The topological polar surface area (TPSA) is 24.9 Å². The summed E-state index contributed by atoms with van der Waals surface area (Å²) in [4.78, 5) is 4.11. The molecule has 3 heteroatoms. The molecule has 0 saturated carbocycles. The summed E-state index contributed by atoms with van der Waals surface area (Å²) < 4.78 is 13.1. The van der Waals surface area contributed by atoms with E-state index in [-0.39, 0.29) is 5.82 Å². The first-order valence-corrected chi connectivity index (χ1v) is 6.73. The van der Waals surface area contributed by atoms with Crippen molar-refractivity contribution in [3.63, 3.8) is 0 Å². The van der Waals surface area contributed by atoms with Gasteiger partial charge in [-0.25, -0.2) is 4.39 Å². The van der Waals surface area contributed by atoms with Gasteiger partial charge >= 0.3 is 0 Å². The van der Waals surface area contributed by atoms with E-state index in [4.69, 9.17) is 0 Å². The summed E-state index contributed by atoms with van der Waals surface area (Å²) in [6, 6.07) is 9.56. The molecule has 1 heterocycles. The van der Waals surface area contributed by atoms with Gasteiger partial charge in [0.15, 0.2) is 0 Å². The Kier molecular flexibility index (Phi) is 3.56. The van der Waals surface area contributed by atoms with Gasteiger partial charge in [-0.3, -0.25) is 4.98 Å². The number of aromatic nitrogens is 1. The van der Waals surface area contributed by atoms with Gasteiger partial charge < -0.3 is 5.32 Å². The lowest BCUT2D eigenvalue weighted by Crippen LogP contribution is -2.21. The first-order valence-electron chi connectivity index (χ1n) is 6.73. The highest BCUT2D eigenvalue weighted by Crippen LogP contribution is 2.31. The summed E-state index contributed by atoms with van der Waals surface area (Å²) in [5.41, 5.74) is 3.65. The number of fused-ring (bicyclic) bond motifs is 1. The molecular formula is C16H17FN2. The average molecular weight is 256 g/mol. The number of aryl methyl sites for hydroxylation is 1. The van der Waals surface area contributed by atoms with E-state index in [0.717, 1.165) is 31.4 Å². The Labute approximate surface area is 112 Å². The Morgan fingerprint density at radius 1 is 1.32 bits per heavy atom. The molecule has 2 nitrogen and oxygen atoms in total. The van der Waals surface area contributed by atoms with Crippen molar-refractivity contribution in [1.29, 1.82) is 0 Å². The smallest absolute Gasteiger partial charge is 0.123 e. The molecule has 1 aromatic heterocycles. The SMILES string of the molecule is Fc1ccc2c(c1)CCC2NCCc1cccnc1. The number of pyridine rings is 1. The van der Waals surface area contributed by atoms with E-state index in [2.05, 4.69) is 16.4 Å². The Bertz CT molecular complexity index is 554. The summed E-state index contributed by atoms with van der Waals surface area (Å²) in [5, 5.41) is 3.56. The highest BCUT2D eigenvalue weighted by Gasteiger charge is 2.21. The zero-order valence-corrected chi connectivity index (χ0v) is 10.8. The fraction of sp³-hybridized carbons (Fsp3) is 0.312. The summed E-state index contributed by atoms with van der Waals surface area (Å²) in [6.07, 6.45) is 6.70. The lowest BCUT2D eigenvalue weighted by Gasteiger charge is -2.14. The van der Waals surface area contributed by atoms with Crippen molar-refractivity contribution >= 4 is 0 Å². The number of benzene rings is 1. The molecule has 1 atom stereocenters. The van der Waals surface area contributed by atoms with Gasteiger partial charge in [0, 0.05) is 18.4 Å². The predicted molar refractivity (Wildman–Crippen MR) is 73.4 cm³/mol. The molecule has 19 heavy (non-hydrogen) atoms. The van der Waals surface area contributed by atoms with Crippen molar-refractivity contribution in [2.75, 3.05) is 6.54 Å². The summed E-state index contributed by atoms with van der Waals surface area (Å²) in [5.74, 6) is -0.130. The van der Waals surface area contributed by atoms with Crippen molar-refractivity contribution in [2.45, 2.75) is 25.3 Å². The van der Waals surface area contributed by atoms with Crippen LogP contribution in [0.15, 0.2) is 42.7 Å². The summed E-state index contributed by atoms with van der Waals surface area (Å²) in [6.45, 7) is 0.924. The van der Waals surface area contributed by atoms with Crippen LogP contribution in [0.1, 0.15) is 29.2 Å². The molecule has 3 rings (SSSR count). The maximum absolute atomic E-state index is 13.1. The van der Waals surface area contributed by atoms with Crippen molar-refractivity contribution in [3.05, 3.63) is 65.2 Å². The van der Waals surface area contributed by atoms with E-state index in [1.807, 2.05) is 18.3 Å². The second-order valence-corrected chi connectivity index (χ2v) is 5.00. The van der Waals surface area contributed by atoms with E-state index in [0.29, 0.717) is 6.04 Å². The van der Waals surface area contributed by atoms with Crippen LogP contribution in [0, 0.1) is 5.82 Å². The minimum atomic E-state index is -0.130. The molecular weight excluding hydrogens is 239 g/mol. The molecule has 0 saturated heterocycles. The number of nitrogens with zero attached hydrogens (tertiary/aromatic N) is 1. The standard InChI is InChI=1S/C16H17FN2/c17-14-4-5-15-13(10-14)3-6-16(15)19-9-7-12-2-1-8-18-11-12/h1-2,4-5,8,10-11,16,19H,3,6-7,9H2. The first-order chi connectivity index (χ1) is 9.33. The fourth-order valence-corrected chi connectivity index (χ4v) is 2.73. The lowest BCUT2D eigenvalue weighted by atomic mass is 10.1. The predicted octanol–water partition coefficient (Wildman–Crippen LogP) is 3.04. The Hall–Kier alpha value is -1.74. The molecule has 0 radical (unpaired) electrons. The molecule has 1 aliphatic carbocycles. The quantitative estimate of drug-likeness (QED) is 0.909. The van der Waals surface area contributed by atoms with Gasteiger partial charge in [0.05, 0.1) is 0 Å². The summed E-state index contributed by atoms with van der Waals surface area (Å²) >= 11 is 0. The van der Waals surface area contributed by atoms with Crippen molar-refractivity contribution in [1.82, 2.24) is 10.3 Å². The van der Waals surface area contributed by atoms with Gasteiger partial charge in [0.25, 0.3) is 0 Å². The van der Waals surface area contributed by atoms with E-state index < -0.39 is 0 Å². The number of rotatable bonds is 4. The van der Waals surface area contributed by atoms with E-state index in [1.165, 1.54) is 11.1 Å². The van der Waals surface area contributed by atoms with Crippen LogP contribution in [0.2, 0.25) is 0 Å². The third-order valence-electron chi connectivity index (χ3n) is 3.71. The Morgan fingerprint density at radius 3 is 3.11 bits per heavy atom. The molecule has 1 N–H and O–H groups in total. The second-order valence-electron chi connectivity index (χ2n) is 5.00. The van der Waals surface area contributed by atoms with Gasteiger partial charge in [0.1, 0.15) is 5.82 Å². The van der Waals surface area contributed by atoms with Crippen molar-refractivity contribution in [3.8, 4) is 0 Å². The van der Waals surface area contributed by atoms with Crippen LogP contribution in [0.3, 0.4) is 0 Å². The normalized spacial score (nSPS) is 17.4. The molecule has 0 spiro atoms. The molecule has 1 unspecified atom stereocenters. The zero-order valence-electron chi connectivity index (χ0n) is 10.8. The third kappa shape index (κ3) is 2.82. The minimum absolute atomic E-state index is 0.130. The van der Waals surface area contributed by atoms with E-state index in [9.17, 15) is 4.39 Å². The Balaban J connectivity index is 1.58. The van der Waals surface area contributed by atoms with Gasteiger partial charge in [0.2, 0.25) is 0 Å². The minimum Gasteiger partial charge on any atom is -0.310 e. The molecule has 0 fully saturated rings. The number of halogens is 1. The zero-order chi connectivity index (χ0) is 13.1. The van der Waals surface area contributed by atoms with Crippen LogP contribution < -0.4 is 5.32 Å². The molecule has 1 aliphatic rings. The van der Waals surface area contributed by atoms with E-state index in [1.54, 1.807) is 18.3 Å². The first kappa shape index (κ1) is 12.3. The van der Waals surface area contributed by atoms with Gasteiger partial charge in [-0.05, 0) is 60.7 Å². The largest absolute Gasteiger partial charge is 0.310 e.